The summed E-state index contributed by atoms with van der Waals surface area (Å²) in [4.78, 5) is 0. The fourth-order valence-electron chi connectivity index (χ4n) is 1.30. The Morgan fingerprint density at radius 1 is 0.944 bits per heavy atom. The molecule has 0 heterocycles. The molecule has 5 nitrogen and oxygen atoms in total. The summed E-state index contributed by atoms with van der Waals surface area (Å²) >= 11 is 3.27. The second-order valence-electron chi connectivity index (χ2n) is 3.44. The van der Waals surface area contributed by atoms with E-state index in [-0.39, 0.29) is 0 Å². The average Bonchev–Trinajstić information content (AvgIpc) is 2.33. The standard InChI is InChI=1S/C11H24BrO5P/c1-3-16-18(13,17-4-2)11-5-7-14-9-10-15-8-6-12/h3-11H2,1-2H3. The molecule has 7 heteroatoms. The molecule has 0 aromatic rings. The van der Waals surface area contributed by atoms with E-state index in [1.807, 2.05) is 13.8 Å². The Hall–Kier alpha value is 0.550. The van der Waals surface area contributed by atoms with Gasteiger partial charge in [0.15, 0.2) is 0 Å². The van der Waals surface area contributed by atoms with Gasteiger partial charge < -0.3 is 18.5 Å². The van der Waals surface area contributed by atoms with Crippen LogP contribution in [0.2, 0.25) is 0 Å². The van der Waals surface area contributed by atoms with E-state index >= 15 is 0 Å². The van der Waals surface area contributed by atoms with E-state index < -0.39 is 7.60 Å². The Bertz CT molecular complexity index is 217. The molecule has 0 aromatic heterocycles. The number of rotatable bonds is 13. The van der Waals surface area contributed by atoms with Gasteiger partial charge in [-0.15, -0.1) is 0 Å². The maximum Gasteiger partial charge on any atom is 0.330 e. The third-order valence-corrected chi connectivity index (χ3v) is 4.46. The van der Waals surface area contributed by atoms with E-state index in [2.05, 4.69) is 15.9 Å². The molecule has 0 aliphatic rings. The highest BCUT2D eigenvalue weighted by atomic mass is 79.9. The summed E-state index contributed by atoms with van der Waals surface area (Å²) in [5.74, 6) is 0. The van der Waals surface area contributed by atoms with Gasteiger partial charge >= 0.3 is 7.60 Å². The van der Waals surface area contributed by atoms with Crippen LogP contribution in [0.25, 0.3) is 0 Å². The molecule has 0 aliphatic heterocycles. The van der Waals surface area contributed by atoms with E-state index in [1.54, 1.807) is 0 Å². The minimum Gasteiger partial charge on any atom is -0.379 e. The molecule has 0 saturated carbocycles. The van der Waals surface area contributed by atoms with Crippen LogP contribution < -0.4 is 0 Å². The van der Waals surface area contributed by atoms with Crippen molar-refractivity contribution in [2.75, 3.05) is 51.1 Å². The van der Waals surface area contributed by atoms with Crippen LogP contribution in [0.5, 0.6) is 0 Å². The van der Waals surface area contributed by atoms with E-state index in [9.17, 15) is 4.57 Å². The van der Waals surface area contributed by atoms with Crippen LogP contribution in [0.15, 0.2) is 0 Å². The molecule has 0 aromatic carbocycles. The van der Waals surface area contributed by atoms with E-state index in [4.69, 9.17) is 18.5 Å². The lowest BCUT2D eigenvalue weighted by molar-refractivity contribution is 0.0540. The highest BCUT2D eigenvalue weighted by Gasteiger charge is 2.22. The van der Waals surface area contributed by atoms with Gasteiger partial charge in [0.1, 0.15) is 0 Å². The van der Waals surface area contributed by atoms with Crippen LogP contribution in [0.1, 0.15) is 20.3 Å². The van der Waals surface area contributed by atoms with Crippen molar-refractivity contribution in [3.63, 3.8) is 0 Å². The fourth-order valence-corrected chi connectivity index (χ4v) is 3.16. The topological polar surface area (TPSA) is 54.0 Å². The Morgan fingerprint density at radius 3 is 2.00 bits per heavy atom. The molecule has 0 aliphatic carbocycles. The summed E-state index contributed by atoms with van der Waals surface area (Å²) in [7, 11) is -2.90. The Labute approximate surface area is 118 Å². The molecule has 0 saturated heterocycles. The maximum absolute atomic E-state index is 12.1. The van der Waals surface area contributed by atoms with Gasteiger partial charge in [-0.2, -0.15) is 0 Å². The second kappa shape index (κ2) is 12.6. The van der Waals surface area contributed by atoms with Crippen LogP contribution in [0.4, 0.5) is 0 Å². The molecule has 0 fully saturated rings. The lowest BCUT2D eigenvalue weighted by Gasteiger charge is -2.16. The first-order valence-corrected chi connectivity index (χ1v) is 9.13. The summed E-state index contributed by atoms with van der Waals surface area (Å²) in [6, 6.07) is 0. The van der Waals surface area contributed by atoms with E-state index in [0.717, 1.165) is 5.33 Å². The molecule has 0 atom stereocenters. The monoisotopic (exact) mass is 346 g/mol. The summed E-state index contributed by atoms with van der Waals surface area (Å²) in [5.41, 5.74) is 0. The Morgan fingerprint density at radius 2 is 1.50 bits per heavy atom. The van der Waals surface area contributed by atoms with Gasteiger partial charge in [0.05, 0.1) is 39.2 Å². The summed E-state index contributed by atoms with van der Waals surface area (Å²) < 4.78 is 33.0. The predicted molar refractivity (Wildman–Crippen MR) is 75.8 cm³/mol. The van der Waals surface area contributed by atoms with Crippen molar-refractivity contribution < 1.29 is 23.1 Å². The van der Waals surface area contributed by atoms with Gasteiger partial charge in [-0.05, 0) is 20.3 Å². The number of ether oxygens (including phenoxy) is 2. The minimum atomic E-state index is -2.90. The smallest absolute Gasteiger partial charge is 0.330 e. The van der Waals surface area contributed by atoms with Crippen molar-refractivity contribution in [1.82, 2.24) is 0 Å². The van der Waals surface area contributed by atoms with Crippen molar-refractivity contribution in [3.8, 4) is 0 Å². The third kappa shape index (κ3) is 10.5. The number of halogens is 1. The van der Waals surface area contributed by atoms with Crippen LogP contribution >= 0.6 is 23.5 Å². The maximum atomic E-state index is 12.1. The van der Waals surface area contributed by atoms with Gasteiger partial charge in [-0.25, -0.2) is 0 Å². The van der Waals surface area contributed by atoms with Gasteiger partial charge in [0, 0.05) is 11.9 Å². The van der Waals surface area contributed by atoms with Gasteiger partial charge in [-0.3, -0.25) is 4.57 Å². The second-order valence-corrected chi connectivity index (χ2v) is 6.42. The molecular weight excluding hydrogens is 323 g/mol. The first kappa shape index (κ1) is 18.6. The molecule has 0 spiro atoms. The highest BCUT2D eigenvalue weighted by Crippen LogP contribution is 2.48. The lowest BCUT2D eigenvalue weighted by Crippen LogP contribution is -2.08. The highest BCUT2D eigenvalue weighted by molar-refractivity contribution is 9.09. The lowest BCUT2D eigenvalue weighted by atomic mass is 10.5. The normalized spacial score (nSPS) is 11.9. The van der Waals surface area contributed by atoms with Crippen LogP contribution in [-0.4, -0.2) is 51.1 Å². The zero-order valence-electron chi connectivity index (χ0n) is 11.2. The molecule has 0 amide bonds. The molecular formula is C11H24BrO5P. The van der Waals surface area contributed by atoms with Crippen molar-refractivity contribution in [1.29, 1.82) is 0 Å². The Kier molecular flexibility index (Phi) is 13.0. The molecule has 0 rings (SSSR count). The number of alkyl halides is 1. The number of hydrogen-bond donors (Lipinski definition) is 0. The van der Waals surface area contributed by atoms with Crippen molar-refractivity contribution >= 4 is 23.5 Å². The van der Waals surface area contributed by atoms with E-state index in [0.29, 0.717) is 52.2 Å². The first-order chi connectivity index (χ1) is 8.68. The molecule has 110 valence electrons. The SMILES string of the molecule is CCOP(=O)(CCCOCCOCCBr)OCC. The molecule has 18 heavy (non-hydrogen) atoms. The van der Waals surface area contributed by atoms with Crippen LogP contribution in [0, 0.1) is 0 Å². The minimum absolute atomic E-state index is 0.400. The first-order valence-electron chi connectivity index (χ1n) is 6.28. The summed E-state index contributed by atoms with van der Waals surface area (Å²) in [6.07, 6.45) is 1.06. The van der Waals surface area contributed by atoms with Crippen molar-refractivity contribution in [2.24, 2.45) is 0 Å². The van der Waals surface area contributed by atoms with Crippen molar-refractivity contribution in [3.05, 3.63) is 0 Å². The Balaban J connectivity index is 3.52. The zero-order valence-corrected chi connectivity index (χ0v) is 13.7. The molecule has 0 radical (unpaired) electrons. The average molecular weight is 347 g/mol. The van der Waals surface area contributed by atoms with Gasteiger partial charge in [-0.1, -0.05) is 15.9 Å². The van der Waals surface area contributed by atoms with Crippen molar-refractivity contribution in [2.45, 2.75) is 20.3 Å². The van der Waals surface area contributed by atoms with Crippen LogP contribution in [-0.2, 0) is 23.1 Å². The molecule has 0 N–H and O–H groups in total. The molecule has 0 bridgehead atoms. The predicted octanol–water partition coefficient (Wildman–Crippen LogP) is 3.07. The quantitative estimate of drug-likeness (QED) is 0.291. The van der Waals surface area contributed by atoms with E-state index in [1.165, 1.54) is 0 Å². The van der Waals surface area contributed by atoms with Gasteiger partial charge in [0.25, 0.3) is 0 Å². The summed E-state index contributed by atoms with van der Waals surface area (Å²) in [5, 5.41) is 0.832. The zero-order chi connectivity index (χ0) is 13.7. The van der Waals surface area contributed by atoms with Gasteiger partial charge in [0.2, 0.25) is 0 Å². The third-order valence-electron chi connectivity index (χ3n) is 1.97. The largest absolute Gasteiger partial charge is 0.379 e. The fraction of sp³-hybridized carbons (Fsp3) is 1.00. The number of hydrogen-bond acceptors (Lipinski definition) is 5. The van der Waals surface area contributed by atoms with Crippen LogP contribution in [0.3, 0.4) is 0 Å². The molecule has 0 unspecified atom stereocenters. The summed E-state index contributed by atoms with van der Waals surface area (Å²) in [6.45, 7) is 6.79.